The molecule has 0 amide bonds. The van der Waals surface area contributed by atoms with Gasteiger partial charge in [-0.2, -0.15) is 0 Å². The Hall–Kier alpha value is -0.303. The molecule has 0 saturated heterocycles. The topological polar surface area (TPSA) is 0 Å². The summed E-state index contributed by atoms with van der Waals surface area (Å²) in [6.07, 6.45) is 6.01. The van der Waals surface area contributed by atoms with Crippen LogP contribution in [0.15, 0.2) is 22.9 Å². The third-order valence-electron chi connectivity index (χ3n) is 2.25. The second kappa shape index (κ2) is 3.40. The molecule has 1 aliphatic rings. The molecule has 11 heavy (non-hydrogen) atoms. The maximum atomic E-state index is 2.42. The van der Waals surface area contributed by atoms with Gasteiger partial charge in [0.2, 0.25) is 0 Å². The van der Waals surface area contributed by atoms with Crippen molar-refractivity contribution in [2.45, 2.75) is 33.4 Å². The molecule has 0 aromatic rings. The fourth-order valence-corrected chi connectivity index (χ4v) is 3.41. The van der Waals surface area contributed by atoms with Crippen LogP contribution in [0.4, 0.5) is 0 Å². The second-order valence-electron chi connectivity index (χ2n) is 3.86. The summed E-state index contributed by atoms with van der Waals surface area (Å²) in [6, 6.07) is 0. The van der Waals surface area contributed by atoms with Crippen molar-refractivity contribution >= 4 is 8.80 Å². The summed E-state index contributed by atoms with van der Waals surface area (Å²) in [6.45, 7) is 9.41. The predicted octanol–water partition coefficient (Wildman–Crippen LogP) is 2.92. The summed E-state index contributed by atoms with van der Waals surface area (Å²) >= 11 is 0. The summed E-state index contributed by atoms with van der Waals surface area (Å²) in [7, 11) is -0.544. The quantitative estimate of drug-likeness (QED) is 0.553. The van der Waals surface area contributed by atoms with Crippen molar-refractivity contribution in [3.05, 3.63) is 22.9 Å². The van der Waals surface area contributed by atoms with Crippen LogP contribution >= 0.6 is 0 Å². The minimum Gasteiger partial charge on any atom is -0.0815 e. The number of hydrogen-bond donors (Lipinski definition) is 0. The second-order valence-corrected chi connectivity index (χ2v) is 6.80. The van der Waals surface area contributed by atoms with Gasteiger partial charge in [-0.1, -0.05) is 49.9 Å². The maximum Gasteiger partial charge on any atom is 0.0646 e. The molecule has 62 valence electrons. The first-order chi connectivity index (χ1) is 5.13. The van der Waals surface area contributed by atoms with Crippen molar-refractivity contribution in [1.82, 2.24) is 0 Å². The summed E-state index contributed by atoms with van der Waals surface area (Å²) in [5.74, 6) is 0.735. The van der Waals surface area contributed by atoms with Crippen LogP contribution in [0.3, 0.4) is 0 Å². The number of rotatable bonds is 2. The molecule has 1 aliphatic carbocycles. The van der Waals surface area contributed by atoms with Gasteiger partial charge in [0.25, 0.3) is 0 Å². The third-order valence-corrected chi connectivity index (χ3v) is 4.07. The Balaban J connectivity index is 2.76. The Morgan fingerprint density at radius 3 is 2.27 bits per heavy atom. The highest BCUT2D eigenvalue weighted by Crippen LogP contribution is 2.27. The average Bonchev–Trinajstić information content (AvgIpc) is 2.32. The van der Waals surface area contributed by atoms with Crippen molar-refractivity contribution in [3.63, 3.8) is 0 Å². The monoisotopic (exact) mass is 166 g/mol. The fourth-order valence-electron chi connectivity index (χ4n) is 1.69. The number of hydrogen-bond acceptors (Lipinski definition) is 0. The molecule has 0 spiro atoms. The first kappa shape index (κ1) is 8.79. The van der Waals surface area contributed by atoms with E-state index in [9.17, 15) is 0 Å². The van der Waals surface area contributed by atoms with Gasteiger partial charge in [-0.3, -0.25) is 0 Å². The Bertz CT molecular complexity index is 175. The van der Waals surface area contributed by atoms with E-state index in [0.29, 0.717) is 0 Å². The summed E-state index contributed by atoms with van der Waals surface area (Å²) in [5.41, 5.74) is 1.63. The SMILES string of the molecule is CC(C)C1=CCC=C1[SiH](C)C. The third kappa shape index (κ3) is 1.83. The van der Waals surface area contributed by atoms with E-state index in [0.717, 1.165) is 5.92 Å². The van der Waals surface area contributed by atoms with Gasteiger partial charge in [0, 0.05) is 0 Å². The van der Waals surface area contributed by atoms with Crippen molar-refractivity contribution in [3.8, 4) is 0 Å². The van der Waals surface area contributed by atoms with Crippen molar-refractivity contribution in [1.29, 1.82) is 0 Å². The van der Waals surface area contributed by atoms with E-state index in [4.69, 9.17) is 0 Å². The van der Waals surface area contributed by atoms with Gasteiger partial charge >= 0.3 is 0 Å². The van der Waals surface area contributed by atoms with Crippen molar-refractivity contribution in [2.75, 3.05) is 0 Å². The normalized spacial score (nSPS) is 17.6. The van der Waals surface area contributed by atoms with Gasteiger partial charge in [-0.15, -0.1) is 0 Å². The van der Waals surface area contributed by atoms with Gasteiger partial charge in [0.15, 0.2) is 0 Å². The Kier molecular flexibility index (Phi) is 2.71. The zero-order valence-electron chi connectivity index (χ0n) is 8.02. The minimum atomic E-state index is -0.544. The molecule has 0 nitrogen and oxygen atoms in total. The first-order valence-corrected chi connectivity index (χ1v) is 7.42. The van der Waals surface area contributed by atoms with Crippen LogP contribution in [-0.4, -0.2) is 8.80 Å². The molecule has 0 unspecified atom stereocenters. The highest BCUT2D eigenvalue weighted by atomic mass is 28.3. The van der Waals surface area contributed by atoms with Gasteiger partial charge in [0.05, 0.1) is 8.80 Å². The summed E-state index contributed by atoms with van der Waals surface area (Å²) < 4.78 is 0. The van der Waals surface area contributed by atoms with Crippen LogP contribution in [0.5, 0.6) is 0 Å². The van der Waals surface area contributed by atoms with Crippen LogP contribution < -0.4 is 0 Å². The van der Waals surface area contributed by atoms with Crippen molar-refractivity contribution in [2.24, 2.45) is 5.92 Å². The zero-order valence-corrected chi connectivity index (χ0v) is 9.17. The summed E-state index contributed by atoms with van der Waals surface area (Å²) in [4.78, 5) is 0. The van der Waals surface area contributed by atoms with Gasteiger partial charge in [0.1, 0.15) is 0 Å². The van der Waals surface area contributed by atoms with Crippen LogP contribution in [0.2, 0.25) is 13.1 Å². The van der Waals surface area contributed by atoms with E-state index in [1.807, 2.05) is 0 Å². The molecule has 0 heterocycles. The van der Waals surface area contributed by atoms with Crippen LogP contribution in [0.1, 0.15) is 20.3 Å². The van der Waals surface area contributed by atoms with E-state index in [1.54, 1.807) is 10.8 Å². The Morgan fingerprint density at radius 1 is 1.27 bits per heavy atom. The van der Waals surface area contributed by atoms with E-state index in [2.05, 4.69) is 39.1 Å². The molecule has 0 fully saturated rings. The minimum absolute atomic E-state index is 0.544. The van der Waals surface area contributed by atoms with Crippen LogP contribution in [-0.2, 0) is 0 Å². The molecular formula is C10H18Si. The number of allylic oxidation sites excluding steroid dienone is 4. The lowest BCUT2D eigenvalue weighted by Crippen LogP contribution is -2.09. The molecule has 0 saturated carbocycles. The summed E-state index contributed by atoms with van der Waals surface area (Å²) in [5, 5.41) is 1.71. The van der Waals surface area contributed by atoms with Crippen molar-refractivity contribution < 1.29 is 0 Å². The first-order valence-electron chi connectivity index (χ1n) is 4.53. The predicted molar refractivity (Wildman–Crippen MR) is 54.5 cm³/mol. The smallest absolute Gasteiger partial charge is 0.0646 e. The molecule has 0 atom stereocenters. The molecular weight excluding hydrogens is 148 g/mol. The standard InChI is InChI=1S/C10H18Si/c1-8(2)9-6-5-7-10(9)11(3)4/h6-8,11H,5H2,1-4H3. The van der Waals surface area contributed by atoms with Gasteiger partial charge in [-0.25, -0.2) is 0 Å². The molecule has 0 aromatic carbocycles. The molecule has 0 bridgehead atoms. The molecule has 0 radical (unpaired) electrons. The van der Waals surface area contributed by atoms with E-state index in [1.165, 1.54) is 6.42 Å². The average molecular weight is 166 g/mol. The lowest BCUT2D eigenvalue weighted by atomic mass is 10.1. The molecule has 0 aromatic heterocycles. The maximum absolute atomic E-state index is 2.42. The van der Waals surface area contributed by atoms with E-state index in [-0.39, 0.29) is 0 Å². The zero-order chi connectivity index (χ0) is 8.43. The molecule has 1 heteroatoms. The molecule has 0 aliphatic heterocycles. The highest BCUT2D eigenvalue weighted by Gasteiger charge is 2.15. The molecule has 1 rings (SSSR count). The molecule has 0 N–H and O–H groups in total. The Morgan fingerprint density at radius 2 is 1.91 bits per heavy atom. The van der Waals surface area contributed by atoms with Gasteiger partial charge < -0.3 is 0 Å². The van der Waals surface area contributed by atoms with E-state index < -0.39 is 8.80 Å². The van der Waals surface area contributed by atoms with Gasteiger partial charge in [-0.05, 0) is 12.3 Å². The lowest BCUT2D eigenvalue weighted by Gasteiger charge is -2.14. The van der Waals surface area contributed by atoms with E-state index >= 15 is 0 Å². The van der Waals surface area contributed by atoms with Crippen LogP contribution in [0.25, 0.3) is 0 Å². The lowest BCUT2D eigenvalue weighted by molar-refractivity contribution is 0.788. The fraction of sp³-hybridized carbons (Fsp3) is 0.600. The highest BCUT2D eigenvalue weighted by molar-refractivity contribution is 6.65. The van der Waals surface area contributed by atoms with Crippen LogP contribution in [0, 0.1) is 5.92 Å². The largest absolute Gasteiger partial charge is 0.0815 e. The Labute approximate surface area is 71.6 Å².